The first-order chi connectivity index (χ1) is 4.29. The van der Waals surface area contributed by atoms with Crippen molar-refractivity contribution in [2.24, 2.45) is 0 Å². The summed E-state index contributed by atoms with van der Waals surface area (Å²) in [5.74, 6) is 0.885. The lowest BCUT2D eigenvalue weighted by Crippen LogP contribution is -2.06. The van der Waals surface area contributed by atoms with Gasteiger partial charge in [-0.25, -0.2) is 0 Å². The van der Waals surface area contributed by atoms with Gasteiger partial charge in [-0.05, 0) is 19.1 Å². The van der Waals surface area contributed by atoms with Gasteiger partial charge in [0.05, 0.1) is 12.0 Å². The van der Waals surface area contributed by atoms with E-state index in [0.717, 1.165) is 5.76 Å². The fourth-order valence-corrected chi connectivity index (χ4v) is 0.660. The molecule has 0 amide bonds. The summed E-state index contributed by atoms with van der Waals surface area (Å²) in [7, 11) is 0. The Morgan fingerprint density at radius 2 is 2.33 bits per heavy atom. The molecule has 0 aromatic carbocycles. The molecule has 0 spiro atoms. The lowest BCUT2D eigenvalue weighted by atomic mass is 10.5. The van der Waals surface area contributed by atoms with Crippen LogP contribution in [0.4, 0.5) is 0 Å². The monoisotopic (exact) mass is 126 g/mol. The molecule has 0 saturated heterocycles. The minimum absolute atomic E-state index is 0.153. The average molecular weight is 126 g/mol. The summed E-state index contributed by atoms with van der Waals surface area (Å²) in [4.78, 5) is 0. The minimum Gasteiger partial charge on any atom is -0.463 e. The van der Waals surface area contributed by atoms with Crippen molar-refractivity contribution in [1.82, 2.24) is 0 Å². The Morgan fingerprint density at radius 3 is 3.11 bits per heavy atom. The SMILES string of the molecule is CC1=CC=COC(C)O1. The van der Waals surface area contributed by atoms with Crippen molar-refractivity contribution < 1.29 is 9.47 Å². The lowest BCUT2D eigenvalue weighted by Gasteiger charge is -2.10. The Kier molecular flexibility index (Phi) is 1.78. The molecule has 0 bridgehead atoms. The van der Waals surface area contributed by atoms with Gasteiger partial charge in [-0.15, -0.1) is 0 Å². The first kappa shape index (κ1) is 6.20. The second kappa shape index (κ2) is 2.58. The highest BCUT2D eigenvalue weighted by atomic mass is 16.7. The van der Waals surface area contributed by atoms with Crippen molar-refractivity contribution in [3.05, 3.63) is 24.2 Å². The maximum Gasteiger partial charge on any atom is 0.236 e. The van der Waals surface area contributed by atoms with Crippen LogP contribution in [-0.2, 0) is 9.47 Å². The molecule has 1 rings (SSSR count). The van der Waals surface area contributed by atoms with Crippen molar-refractivity contribution in [1.29, 1.82) is 0 Å². The van der Waals surface area contributed by atoms with E-state index in [1.807, 2.05) is 26.0 Å². The fraction of sp³-hybridized carbons (Fsp3) is 0.429. The standard InChI is InChI=1S/C7H10O2/c1-6-4-3-5-8-7(2)9-6/h3-5,7H,1-2H3. The van der Waals surface area contributed by atoms with Gasteiger partial charge in [-0.1, -0.05) is 0 Å². The Balaban J connectivity index is 2.58. The highest BCUT2D eigenvalue weighted by Gasteiger charge is 2.01. The van der Waals surface area contributed by atoms with Gasteiger partial charge >= 0.3 is 0 Å². The highest BCUT2D eigenvalue weighted by Crippen LogP contribution is 2.06. The van der Waals surface area contributed by atoms with Crippen LogP contribution in [0.15, 0.2) is 24.2 Å². The molecule has 0 radical (unpaired) electrons. The van der Waals surface area contributed by atoms with Crippen LogP contribution in [0, 0.1) is 0 Å². The second-order valence-electron chi connectivity index (χ2n) is 1.93. The predicted molar refractivity (Wildman–Crippen MR) is 34.5 cm³/mol. The topological polar surface area (TPSA) is 18.5 Å². The van der Waals surface area contributed by atoms with Gasteiger partial charge in [-0.2, -0.15) is 0 Å². The number of allylic oxidation sites excluding steroid dienone is 3. The summed E-state index contributed by atoms with van der Waals surface area (Å²) in [6.45, 7) is 3.75. The normalized spacial score (nSPS) is 25.6. The van der Waals surface area contributed by atoms with E-state index < -0.39 is 0 Å². The zero-order chi connectivity index (χ0) is 6.69. The molecule has 1 atom stereocenters. The largest absolute Gasteiger partial charge is 0.463 e. The summed E-state index contributed by atoms with van der Waals surface area (Å²) in [5, 5.41) is 0. The average Bonchev–Trinajstić information content (AvgIpc) is 1.93. The Labute approximate surface area is 54.8 Å². The molecule has 0 aromatic heterocycles. The van der Waals surface area contributed by atoms with Gasteiger partial charge in [0, 0.05) is 6.92 Å². The molecule has 0 aliphatic carbocycles. The molecule has 2 heteroatoms. The molecule has 50 valence electrons. The van der Waals surface area contributed by atoms with Crippen LogP contribution >= 0.6 is 0 Å². The molecule has 9 heavy (non-hydrogen) atoms. The van der Waals surface area contributed by atoms with E-state index in [1.165, 1.54) is 0 Å². The van der Waals surface area contributed by atoms with Gasteiger partial charge < -0.3 is 9.47 Å². The van der Waals surface area contributed by atoms with E-state index in [1.54, 1.807) is 6.26 Å². The van der Waals surface area contributed by atoms with E-state index in [9.17, 15) is 0 Å². The van der Waals surface area contributed by atoms with E-state index >= 15 is 0 Å². The molecule has 0 aromatic rings. The van der Waals surface area contributed by atoms with Gasteiger partial charge in [0.2, 0.25) is 6.29 Å². The van der Waals surface area contributed by atoms with E-state index in [4.69, 9.17) is 9.47 Å². The zero-order valence-electron chi connectivity index (χ0n) is 5.63. The summed E-state index contributed by atoms with van der Waals surface area (Å²) in [6, 6.07) is 0. The van der Waals surface area contributed by atoms with Crippen molar-refractivity contribution >= 4 is 0 Å². The smallest absolute Gasteiger partial charge is 0.236 e. The number of ether oxygens (including phenoxy) is 2. The lowest BCUT2D eigenvalue weighted by molar-refractivity contribution is -0.0559. The highest BCUT2D eigenvalue weighted by molar-refractivity contribution is 5.05. The first-order valence-electron chi connectivity index (χ1n) is 2.94. The Hall–Kier alpha value is -0.920. The van der Waals surface area contributed by atoms with Crippen molar-refractivity contribution in [2.75, 3.05) is 0 Å². The molecule has 0 N–H and O–H groups in total. The third kappa shape index (κ3) is 1.80. The summed E-state index contributed by atoms with van der Waals surface area (Å²) in [6.07, 6.45) is 5.16. The van der Waals surface area contributed by atoms with Crippen molar-refractivity contribution in [3.63, 3.8) is 0 Å². The summed E-state index contributed by atoms with van der Waals surface area (Å²) >= 11 is 0. The molecule has 1 aliphatic heterocycles. The van der Waals surface area contributed by atoms with Crippen LogP contribution in [0.1, 0.15) is 13.8 Å². The van der Waals surface area contributed by atoms with Crippen LogP contribution in [0.5, 0.6) is 0 Å². The van der Waals surface area contributed by atoms with Gasteiger partial charge in [-0.3, -0.25) is 0 Å². The van der Waals surface area contributed by atoms with Crippen LogP contribution in [0.3, 0.4) is 0 Å². The van der Waals surface area contributed by atoms with Crippen molar-refractivity contribution in [3.8, 4) is 0 Å². The van der Waals surface area contributed by atoms with Crippen LogP contribution in [-0.4, -0.2) is 6.29 Å². The molecule has 1 aliphatic rings. The molecule has 0 saturated carbocycles. The summed E-state index contributed by atoms with van der Waals surface area (Å²) in [5.41, 5.74) is 0. The molecular weight excluding hydrogens is 116 g/mol. The zero-order valence-corrected chi connectivity index (χ0v) is 5.63. The van der Waals surface area contributed by atoms with Crippen molar-refractivity contribution in [2.45, 2.75) is 20.1 Å². The van der Waals surface area contributed by atoms with E-state index in [2.05, 4.69) is 0 Å². The third-order valence-electron chi connectivity index (χ3n) is 1.03. The minimum atomic E-state index is -0.153. The van der Waals surface area contributed by atoms with Crippen LogP contribution in [0.2, 0.25) is 0 Å². The van der Waals surface area contributed by atoms with E-state index in [0.29, 0.717) is 0 Å². The predicted octanol–water partition coefficient (Wildman–Crippen LogP) is 1.80. The molecule has 1 heterocycles. The van der Waals surface area contributed by atoms with Gasteiger partial charge in [0.25, 0.3) is 0 Å². The second-order valence-corrected chi connectivity index (χ2v) is 1.93. The number of hydrogen-bond acceptors (Lipinski definition) is 2. The Bertz CT molecular complexity index is 147. The van der Waals surface area contributed by atoms with Crippen LogP contribution < -0.4 is 0 Å². The summed E-state index contributed by atoms with van der Waals surface area (Å²) < 4.78 is 10.2. The Morgan fingerprint density at radius 1 is 1.56 bits per heavy atom. The fourth-order valence-electron chi connectivity index (χ4n) is 0.660. The van der Waals surface area contributed by atoms with Gasteiger partial charge in [0.1, 0.15) is 0 Å². The molecule has 0 fully saturated rings. The third-order valence-corrected chi connectivity index (χ3v) is 1.03. The molecular formula is C7H10O2. The van der Waals surface area contributed by atoms with Crippen LogP contribution in [0.25, 0.3) is 0 Å². The molecule has 2 nitrogen and oxygen atoms in total. The van der Waals surface area contributed by atoms with Gasteiger partial charge in [0.15, 0.2) is 0 Å². The first-order valence-corrected chi connectivity index (χ1v) is 2.94. The quantitative estimate of drug-likeness (QED) is 0.492. The number of hydrogen-bond donors (Lipinski definition) is 0. The van der Waals surface area contributed by atoms with E-state index in [-0.39, 0.29) is 6.29 Å². The molecule has 1 unspecified atom stereocenters. The maximum atomic E-state index is 5.19. The number of rotatable bonds is 0. The maximum absolute atomic E-state index is 5.19.